The van der Waals surface area contributed by atoms with Gasteiger partial charge in [0, 0.05) is 25.7 Å². The average molecular weight is 290 g/mol. The van der Waals surface area contributed by atoms with Crippen molar-refractivity contribution in [3.05, 3.63) is 29.8 Å². The Kier molecular flexibility index (Phi) is 6.52. The number of ether oxygens (including phenoxy) is 1. The van der Waals surface area contributed by atoms with E-state index in [1.165, 1.54) is 25.1 Å². The van der Waals surface area contributed by atoms with Crippen LogP contribution in [0.5, 0.6) is 5.75 Å². The Morgan fingerprint density at radius 2 is 2.10 bits per heavy atom. The third kappa shape index (κ3) is 5.01. The quantitative estimate of drug-likeness (QED) is 0.781. The van der Waals surface area contributed by atoms with Crippen molar-refractivity contribution in [3.63, 3.8) is 0 Å². The van der Waals surface area contributed by atoms with Crippen LogP contribution in [-0.2, 0) is 0 Å². The van der Waals surface area contributed by atoms with E-state index in [0.29, 0.717) is 6.04 Å². The molecule has 3 nitrogen and oxygen atoms in total. The van der Waals surface area contributed by atoms with E-state index in [1.807, 2.05) is 6.07 Å². The van der Waals surface area contributed by atoms with Crippen LogP contribution in [0.1, 0.15) is 32.3 Å². The van der Waals surface area contributed by atoms with Crippen LogP contribution < -0.4 is 10.1 Å². The van der Waals surface area contributed by atoms with E-state index >= 15 is 0 Å². The summed E-state index contributed by atoms with van der Waals surface area (Å²) in [4.78, 5) is 2.65. The Balaban J connectivity index is 1.66. The highest BCUT2D eigenvalue weighted by Crippen LogP contribution is 2.17. The molecule has 0 bridgehead atoms. The molecule has 0 amide bonds. The molecule has 0 saturated carbocycles. The molecule has 21 heavy (non-hydrogen) atoms. The lowest BCUT2D eigenvalue weighted by Crippen LogP contribution is -2.53. The number of hydrogen-bond donors (Lipinski definition) is 1. The second-order valence-electron chi connectivity index (χ2n) is 6.37. The molecule has 0 aliphatic carbocycles. The summed E-state index contributed by atoms with van der Waals surface area (Å²) >= 11 is 0. The molecule has 1 N–H and O–H groups in total. The number of para-hydroxylation sites is 1. The van der Waals surface area contributed by atoms with Gasteiger partial charge in [-0.05, 0) is 43.9 Å². The summed E-state index contributed by atoms with van der Waals surface area (Å²) in [5.74, 6) is 1.75. The van der Waals surface area contributed by atoms with E-state index in [4.69, 9.17) is 4.74 Å². The van der Waals surface area contributed by atoms with Crippen molar-refractivity contribution in [2.45, 2.75) is 39.7 Å². The Morgan fingerprint density at radius 3 is 2.86 bits per heavy atom. The molecule has 1 aliphatic rings. The Labute approximate surface area is 129 Å². The molecule has 1 fully saturated rings. The zero-order valence-corrected chi connectivity index (χ0v) is 13.8. The highest BCUT2D eigenvalue weighted by Gasteiger charge is 2.23. The Hall–Kier alpha value is -1.06. The summed E-state index contributed by atoms with van der Waals surface area (Å²) in [6.45, 7) is 12.2. The van der Waals surface area contributed by atoms with Gasteiger partial charge in [0.15, 0.2) is 0 Å². The lowest BCUT2D eigenvalue weighted by Gasteiger charge is -2.38. The summed E-state index contributed by atoms with van der Waals surface area (Å²) < 4.78 is 5.87. The maximum atomic E-state index is 5.87. The lowest BCUT2D eigenvalue weighted by molar-refractivity contribution is 0.120. The van der Waals surface area contributed by atoms with Crippen LogP contribution in [0.2, 0.25) is 0 Å². The number of nitrogens with one attached hydrogen (secondary N) is 1. The first kappa shape index (κ1) is 16.3. The molecule has 1 aliphatic heterocycles. The Morgan fingerprint density at radius 1 is 1.29 bits per heavy atom. The third-order valence-electron chi connectivity index (χ3n) is 4.36. The van der Waals surface area contributed by atoms with E-state index in [-0.39, 0.29) is 0 Å². The van der Waals surface area contributed by atoms with Gasteiger partial charge < -0.3 is 10.1 Å². The van der Waals surface area contributed by atoms with Crippen LogP contribution in [0.25, 0.3) is 0 Å². The number of aryl methyl sites for hydroxylation is 1. The summed E-state index contributed by atoms with van der Waals surface area (Å²) in [5, 5.41) is 3.51. The first-order valence-corrected chi connectivity index (χ1v) is 8.31. The van der Waals surface area contributed by atoms with Gasteiger partial charge in [-0.2, -0.15) is 0 Å². The fraction of sp³-hybridized carbons (Fsp3) is 0.667. The van der Waals surface area contributed by atoms with Gasteiger partial charge in [0.25, 0.3) is 0 Å². The van der Waals surface area contributed by atoms with Gasteiger partial charge in [0.1, 0.15) is 5.75 Å². The maximum Gasteiger partial charge on any atom is 0.122 e. The first-order valence-electron chi connectivity index (χ1n) is 8.31. The molecule has 2 rings (SSSR count). The van der Waals surface area contributed by atoms with E-state index in [0.717, 1.165) is 37.8 Å². The van der Waals surface area contributed by atoms with Gasteiger partial charge in [0.2, 0.25) is 0 Å². The molecule has 3 heteroatoms. The summed E-state index contributed by atoms with van der Waals surface area (Å²) in [5.41, 5.74) is 1.22. The maximum absolute atomic E-state index is 5.87. The van der Waals surface area contributed by atoms with Gasteiger partial charge in [-0.25, -0.2) is 0 Å². The standard InChI is InChI=1S/C18H30N2O/c1-15(2)17-14-19-10-12-20(17)11-6-7-13-21-18-9-5-4-8-16(18)3/h4-5,8-9,15,17,19H,6-7,10-14H2,1-3H3. The number of nitrogens with zero attached hydrogens (tertiary/aromatic N) is 1. The number of piperazine rings is 1. The largest absolute Gasteiger partial charge is 0.493 e. The molecular weight excluding hydrogens is 260 g/mol. The molecule has 1 aromatic carbocycles. The van der Waals surface area contributed by atoms with Crippen LogP contribution in [0.3, 0.4) is 0 Å². The van der Waals surface area contributed by atoms with Crippen LogP contribution in [0, 0.1) is 12.8 Å². The molecule has 1 aromatic rings. The molecule has 1 heterocycles. The second kappa shape index (κ2) is 8.40. The topological polar surface area (TPSA) is 24.5 Å². The minimum atomic E-state index is 0.691. The highest BCUT2D eigenvalue weighted by atomic mass is 16.5. The van der Waals surface area contributed by atoms with Crippen molar-refractivity contribution in [1.29, 1.82) is 0 Å². The van der Waals surface area contributed by atoms with Crippen molar-refractivity contribution < 1.29 is 4.74 Å². The molecule has 0 aromatic heterocycles. The molecule has 0 radical (unpaired) electrons. The van der Waals surface area contributed by atoms with E-state index in [1.54, 1.807) is 0 Å². The van der Waals surface area contributed by atoms with Crippen molar-refractivity contribution in [2.24, 2.45) is 5.92 Å². The van der Waals surface area contributed by atoms with Gasteiger partial charge in [-0.15, -0.1) is 0 Å². The Bertz CT molecular complexity index is 419. The van der Waals surface area contributed by atoms with Crippen molar-refractivity contribution in [1.82, 2.24) is 10.2 Å². The fourth-order valence-corrected chi connectivity index (χ4v) is 3.02. The minimum absolute atomic E-state index is 0.691. The van der Waals surface area contributed by atoms with Crippen LogP contribution in [0.4, 0.5) is 0 Å². The highest BCUT2D eigenvalue weighted by molar-refractivity contribution is 5.31. The SMILES string of the molecule is Cc1ccccc1OCCCCN1CCNCC1C(C)C. The molecule has 0 spiro atoms. The van der Waals surface area contributed by atoms with Crippen LogP contribution in [0.15, 0.2) is 24.3 Å². The summed E-state index contributed by atoms with van der Waals surface area (Å²) in [6, 6.07) is 8.94. The zero-order valence-electron chi connectivity index (χ0n) is 13.8. The molecule has 1 unspecified atom stereocenters. The normalized spacial score (nSPS) is 19.9. The number of unbranched alkanes of at least 4 members (excludes halogenated alkanes) is 1. The van der Waals surface area contributed by atoms with Gasteiger partial charge in [0.05, 0.1) is 6.61 Å². The third-order valence-corrected chi connectivity index (χ3v) is 4.36. The van der Waals surface area contributed by atoms with E-state index in [2.05, 4.69) is 49.2 Å². The van der Waals surface area contributed by atoms with Gasteiger partial charge in [-0.3, -0.25) is 4.90 Å². The minimum Gasteiger partial charge on any atom is -0.493 e. The number of rotatable bonds is 7. The monoisotopic (exact) mass is 290 g/mol. The molecule has 118 valence electrons. The summed E-state index contributed by atoms with van der Waals surface area (Å²) in [6.07, 6.45) is 2.35. The zero-order chi connectivity index (χ0) is 15.1. The fourth-order valence-electron chi connectivity index (χ4n) is 3.02. The predicted octanol–water partition coefficient (Wildman–Crippen LogP) is 3.08. The van der Waals surface area contributed by atoms with Crippen LogP contribution in [-0.4, -0.2) is 43.7 Å². The second-order valence-corrected chi connectivity index (χ2v) is 6.37. The predicted molar refractivity (Wildman–Crippen MR) is 89.0 cm³/mol. The number of benzene rings is 1. The smallest absolute Gasteiger partial charge is 0.122 e. The number of hydrogen-bond acceptors (Lipinski definition) is 3. The van der Waals surface area contributed by atoms with Crippen molar-refractivity contribution in [3.8, 4) is 5.75 Å². The molecular formula is C18H30N2O. The summed E-state index contributed by atoms with van der Waals surface area (Å²) in [7, 11) is 0. The lowest BCUT2D eigenvalue weighted by atomic mass is 10.0. The van der Waals surface area contributed by atoms with Crippen molar-refractivity contribution >= 4 is 0 Å². The molecule has 1 saturated heterocycles. The van der Waals surface area contributed by atoms with Gasteiger partial charge in [-0.1, -0.05) is 32.0 Å². The van der Waals surface area contributed by atoms with E-state index < -0.39 is 0 Å². The molecule has 1 atom stereocenters. The van der Waals surface area contributed by atoms with Crippen LogP contribution >= 0.6 is 0 Å². The van der Waals surface area contributed by atoms with E-state index in [9.17, 15) is 0 Å². The average Bonchev–Trinajstić information content (AvgIpc) is 2.49. The van der Waals surface area contributed by atoms with Gasteiger partial charge >= 0.3 is 0 Å². The first-order chi connectivity index (χ1) is 10.2. The van der Waals surface area contributed by atoms with Crippen molar-refractivity contribution in [2.75, 3.05) is 32.8 Å².